The lowest BCUT2D eigenvalue weighted by Gasteiger charge is -2.03. The van der Waals surface area contributed by atoms with Gasteiger partial charge >= 0.3 is 11.9 Å². The van der Waals surface area contributed by atoms with Gasteiger partial charge in [-0.3, -0.25) is 10.1 Å². The number of nitrogens with one attached hydrogen (secondary N) is 1. The Kier molecular flexibility index (Phi) is 4.31. The summed E-state index contributed by atoms with van der Waals surface area (Å²) in [5, 5.41) is 12.7. The molecule has 0 aliphatic carbocycles. The van der Waals surface area contributed by atoms with Gasteiger partial charge < -0.3 is 9.84 Å². The quantitative estimate of drug-likeness (QED) is 0.844. The Bertz CT molecular complexity index is 622. The number of nitrogens with zero attached hydrogens (tertiary/aromatic N) is 1. The second kappa shape index (κ2) is 6.16. The van der Waals surface area contributed by atoms with Crippen LogP contribution in [0, 0.1) is 0 Å². The van der Waals surface area contributed by atoms with E-state index < -0.39 is 11.9 Å². The zero-order chi connectivity index (χ0) is 14.5. The fraction of sp³-hybridized carbons (Fsp3) is 0.154. The lowest BCUT2D eigenvalue weighted by atomic mass is 10.2. The number of ether oxygens (including phenoxy) is 1. The number of benzene rings is 1. The van der Waals surface area contributed by atoms with Crippen molar-refractivity contribution in [3.05, 3.63) is 29.6 Å². The summed E-state index contributed by atoms with van der Waals surface area (Å²) in [6.07, 6.45) is 0. The molecule has 20 heavy (non-hydrogen) atoms. The van der Waals surface area contributed by atoms with E-state index in [9.17, 15) is 9.59 Å². The van der Waals surface area contributed by atoms with E-state index in [2.05, 4.69) is 10.3 Å². The molecule has 2 rings (SSSR count). The van der Waals surface area contributed by atoms with Gasteiger partial charge in [-0.05, 0) is 31.2 Å². The van der Waals surface area contributed by atoms with Crippen molar-refractivity contribution in [2.45, 2.75) is 6.92 Å². The number of anilines is 1. The van der Waals surface area contributed by atoms with E-state index in [1.165, 1.54) is 11.3 Å². The third kappa shape index (κ3) is 3.33. The Morgan fingerprint density at radius 3 is 2.65 bits per heavy atom. The lowest BCUT2D eigenvalue weighted by Crippen LogP contribution is -2.21. The highest BCUT2D eigenvalue weighted by atomic mass is 32.1. The number of amides is 1. The first-order valence-electron chi connectivity index (χ1n) is 5.83. The highest BCUT2D eigenvalue weighted by Crippen LogP contribution is 2.26. The Hall–Kier alpha value is -2.41. The number of carbonyl (C=O) groups excluding carboxylic acids is 1. The van der Waals surface area contributed by atoms with Crippen LogP contribution in [-0.4, -0.2) is 28.6 Å². The average Bonchev–Trinajstić information content (AvgIpc) is 2.88. The number of carboxylic acids is 1. The van der Waals surface area contributed by atoms with Gasteiger partial charge in [0.2, 0.25) is 0 Å². The normalized spacial score (nSPS) is 10.1. The molecule has 0 saturated carbocycles. The minimum absolute atomic E-state index is 0.251. The van der Waals surface area contributed by atoms with Crippen LogP contribution in [0.2, 0.25) is 0 Å². The Labute approximate surface area is 119 Å². The minimum Gasteiger partial charge on any atom is -0.494 e. The molecule has 1 heterocycles. The molecule has 0 bridgehead atoms. The molecule has 0 fully saturated rings. The van der Waals surface area contributed by atoms with Gasteiger partial charge in [-0.1, -0.05) is 0 Å². The van der Waals surface area contributed by atoms with Crippen LogP contribution in [0.1, 0.15) is 6.92 Å². The Balaban J connectivity index is 2.12. The molecule has 1 aromatic heterocycles. The van der Waals surface area contributed by atoms with Crippen molar-refractivity contribution >= 4 is 28.3 Å². The smallest absolute Gasteiger partial charge is 0.394 e. The molecular formula is C13H12N2O4S. The summed E-state index contributed by atoms with van der Waals surface area (Å²) in [7, 11) is 0. The molecule has 6 nitrogen and oxygen atoms in total. The Morgan fingerprint density at radius 2 is 2.05 bits per heavy atom. The lowest BCUT2D eigenvalue weighted by molar-refractivity contribution is -0.147. The summed E-state index contributed by atoms with van der Waals surface area (Å²) < 4.78 is 5.34. The predicted molar refractivity (Wildman–Crippen MR) is 75.0 cm³/mol. The molecule has 7 heteroatoms. The molecule has 0 atom stereocenters. The fourth-order valence-electron chi connectivity index (χ4n) is 1.50. The van der Waals surface area contributed by atoms with Gasteiger partial charge in [0, 0.05) is 10.9 Å². The Morgan fingerprint density at radius 1 is 1.35 bits per heavy atom. The highest BCUT2D eigenvalue weighted by Gasteiger charge is 2.13. The first kappa shape index (κ1) is 14.0. The third-order valence-electron chi connectivity index (χ3n) is 2.38. The first-order chi connectivity index (χ1) is 9.60. The van der Waals surface area contributed by atoms with Crippen molar-refractivity contribution in [2.75, 3.05) is 11.9 Å². The van der Waals surface area contributed by atoms with Crippen LogP contribution in [0.25, 0.3) is 11.3 Å². The summed E-state index contributed by atoms with van der Waals surface area (Å²) in [5.41, 5.74) is 1.53. The SMILES string of the molecule is CCOc1ccc(-c2csc(NC(=O)C(=O)O)n2)cc1. The molecule has 2 N–H and O–H groups in total. The molecule has 2 aromatic rings. The number of aromatic nitrogens is 1. The van der Waals surface area contributed by atoms with Crippen LogP contribution >= 0.6 is 11.3 Å². The average molecular weight is 292 g/mol. The molecule has 104 valence electrons. The van der Waals surface area contributed by atoms with Gasteiger partial charge in [0.05, 0.1) is 12.3 Å². The molecule has 0 spiro atoms. The maximum atomic E-state index is 11.0. The maximum Gasteiger partial charge on any atom is 0.394 e. The van der Waals surface area contributed by atoms with Crippen molar-refractivity contribution in [1.82, 2.24) is 4.98 Å². The number of aliphatic carboxylic acids is 1. The van der Waals surface area contributed by atoms with Gasteiger partial charge in [-0.15, -0.1) is 11.3 Å². The number of rotatable bonds is 4. The number of hydrogen-bond donors (Lipinski definition) is 2. The topological polar surface area (TPSA) is 88.5 Å². The van der Waals surface area contributed by atoms with E-state index in [-0.39, 0.29) is 5.13 Å². The largest absolute Gasteiger partial charge is 0.494 e. The van der Waals surface area contributed by atoms with Crippen molar-refractivity contribution in [3.8, 4) is 17.0 Å². The van der Waals surface area contributed by atoms with E-state index in [4.69, 9.17) is 9.84 Å². The summed E-state index contributed by atoms with van der Waals surface area (Å²) in [6, 6.07) is 7.35. The van der Waals surface area contributed by atoms with Crippen molar-refractivity contribution < 1.29 is 19.4 Å². The van der Waals surface area contributed by atoms with E-state index >= 15 is 0 Å². The second-order valence-electron chi connectivity index (χ2n) is 3.75. The number of thiazole rings is 1. The molecule has 1 aromatic carbocycles. The van der Waals surface area contributed by atoms with Crippen LogP contribution in [0.3, 0.4) is 0 Å². The van der Waals surface area contributed by atoms with Gasteiger partial charge in [0.25, 0.3) is 0 Å². The second-order valence-corrected chi connectivity index (χ2v) is 4.61. The molecular weight excluding hydrogens is 280 g/mol. The molecule has 0 saturated heterocycles. The minimum atomic E-state index is -1.54. The first-order valence-corrected chi connectivity index (χ1v) is 6.71. The van der Waals surface area contributed by atoms with Crippen molar-refractivity contribution in [1.29, 1.82) is 0 Å². The van der Waals surface area contributed by atoms with E-state index in [0.29, 0.717) is 12.3 Å². The van der Waals surface area contributed by atoms with Crippen LogP contribution in [0.15, 0.2) is 29.6 Å². The number of carbonyl (C=O) groups is 2. The van der Waals surface area contributed by atoms with Crippen LogP contribution < -0.4 is 10.1 Å². The zero-order valence-electron chi connectivity index (χ0n) is 10.6. The number of carboxylic acid groups (broad SMARTS) is 1. The van der Waals surface area contributed by atoms with E-state index in [1.807, 2.05) is 31.2 Å². The number of hydrogen-bond acceptors (Lipinski definition) is 5. The molecule has 0 aliphatic heterocycles. The van der Waals surface area contributed by atoms with Gasteiger partial charge in [0.1, 0.15) is 5.75 Å². The summed E-state index contributed by atoms with van der Waals surface area (Å²) >= 11 is 1.17. The van der Waals surface area contributed by atoms with Crippen LogP contribution in [0.4, 0.5) is 5.13 Å². The summed E-state index contributed by atoms with van der Waals surface area (Å²) in [5.74, 6) is -1.87. The highest BCUT2D eigenvalue weighted by molar-refractivity contribution is 7.14. The molecule has 0 aliphatic rings. The van der Waals surface area contributed by atoms with Gasteiger partial charge in [-0.2, -0.15) is 0 Å². The monoisotopic (exact) mass is 292 g/mol. The molecule has 0 radical (unpaired) electrons. The van der Waals surface area contributed by atoms with Crippen LogP contribution in [-0.2, 0) is 9.59 Å². The zero-order valence-corrected chi connectivity index (χ0v) is 11.4. The maximum absolute atomic E-state index is 11.0. The molecule has 0 unspecified atom stereocenters. The van der Waals surface area contributed by atoms with Gasteiger partial charge in [0.15, 0.2) is 5.13 Å². The van der Waals surface area contributed by atoms with E-state index in [0.717, 1.165) is 11.3 Å². The predicted octanol–water partition coefficient (Wildman–Crippen LogP) is 2.23. The summed E-state index contributed by atoms with van der Waals surface area (Å²) in [4.78, 5) is 25.6. The van der Waals surface area contributed by atoms with Crippen molar-refractivity contribution in [2.24, 2.45) is 0 Å². The van der Waals surface area contributed by atoms with Crippen LogP contribution in [0.5, 0.6) is 5.75 Å². The van der Waals surface area contributed by atoms with Gasteiger partial charge in [-0.25, -0.2) is 9.78 Å². The summed E-state index contributed by atoms with van der Waals surface area (Å²) in [6.45, 7) is 2.51. The van der Waals surface area contributed by atoms with Crippen molar-refractivity contribution in [3.63, 3.8) is 0 Å². The third-order valence-corrected chi connectivity index (χ3v) is 3.14. The molecule has 1 amide bonds. The van der Waals surface area contributed by atoms with E-state index in [1.54, 1.807) is 5.38 Å². The fourth-order valence-corrected chi connectivity index (χ4v) is 2.22. The standard InChI is InChI=1S/C13H12N2O4S/c1-2-19-9-5-3-8(4-6-9)10-7-20-13(14-10)15-11(16)12(17)18/h3-7H,2H2,1H3,(H,17,18)(H,14,15,16).